The molecule has 0 aromatic heterocycles. The second kappa shape index (κ2) is 11.8. The number of amidine groups is 1. The van der Waals surface area contributed by atoms with Crippen LogP contribution in [0.25, 0.3) is 6.08 Å². The van der Waals surface area contributed by atoms with Crippen molar-refractivity contribution in [3.05, 3.63) is 58.7 Å². The van der Waals surface area contributed by atoms with E-state index in [9.17, 15) is 9.59 Å². The molecular formula is C26H28ClN3O5S. The van der Waals surface area contributed by atoms with Crippen molar-refractivity contribution in [1.82, 2.24) is 4.90 Å². The van der Waals surface area contributed by atoms with Gasteiger partial charge in [-0.1, -0.05) is 42.4 Å². The van der Waals surface area contributed by atoms with Gasteiger partial charge in [0.2, 0.25) is 5.91 Å². The summed E-state index contributed by atoms with van der Waals surface area (Å²) >= 11 is 7.66. The Morgan fingerprint density at radius 3 is 2.50 bits per heavy atom. The van der Waals surface area contributed by atoms with Crippen molar-refractivity contribution in [2.24, 2.45) is 4.99 Å². The normalized spacial score (nSPS) is 17.8. The van der Waals surface area contributed by atoms with Crippen LogP contribution in [0.4, 0.5) is 5.69 Å². The van der Waals surface area contributed by atoms with E-state index in [1.807, 2.05) is 36.1 Å². The Hall–Kier alpha value is -3.01. The molecule has 1 unspecified atom stereocenters. The second-order valence-electron chi connectivity index (χ2n) is 8.11. The van der Waals surface area contributed by atoms with Crippen LogP contribution in [0.15, 0.2) is 53.2 Å². The van der Waals surface area contributed by atoms with Crippen LogP contribution >= 0.6 is 23.4 Å². The van der Waals surface area contributed by atoms with Gasteiger partial charge in [0.15, 0.2) is 5.17 Å². The Labute approximate surface area is 219 Å². The van der Waals surface area contributed by atoms with E-state index in [1.54, 1.807) is 31.4 Å². The molecule has 4 rings (SSSR count). The van der Waals surface area contributed by atoms with E-state index in [-0.39, 0.29) is 17.5 Å². The average molecular weight is 530 g/mol. The summed E-state index contributed by atoms with van der Waals surface area (Å²) < 4.78 is 15.9. The maximum Gasteiger partial charge on any atom is 0.283 e. The Kier molecular flexibility index (Phi) is 8.56. The van der Waals surface area contributed by atoms with Crippen molar-refractivity contribution in [1.29, 1.82) is 0 Å². The number of halogens is 1. The molecule has 2 aromatic carbocycles. The molecule has 1 saturated heterocycles. The SMILES string of the molecule is CCC(SC1=N/C(=C\c2ccc(OC)cc2)C(=O)N1c1ccc(OC)c(Cl)c1)C(=O)N1CCOCC1. The van der Waals surface area contributed by atoms with Gasteiger partial charge < -0.3 is 19.1 Å². The van der Waals surface area contributed by atoms with Gasteiger partial charge in [0.25, 0.3) is 5.91 Å². The molecule has 1 atom stereocenters. The van der Waals surface area contributed by atoms with Gasteiger partial charge in [-0.3, -0.25) is 14.5 Å². The number of carbonyl (C=O) groups excluding carboxylic acids is 2. The van der Waals surface area contributed by atoms with Gasteiger partial charge in [0, 0.05) is 13.1 Å². The average Bonchev–Trinajstić information content (AvgIpc) is 3.21. The maximum atomic E-state index is 13.6. The summed E-state index contributed by atoms with van der Waals surface area (Å²) in [6.07, 6.45) is 2.31. The minimum Gasteiger partial charge on any atom is -0.497 e. The Morgan fingerprint density at radius 1 is 1.17 bits per heavy atom. The topological polar surface area (TPSA) is 80.7 Å². The predicted octanol–water partition coefficient (Wildman–Crippen LogP) is 4.47. The highest BCUT2D eigenvalue weighted by Crippen LogP contribution is 2.36. The van der Waals surface area contributed by atoms with Crippen LogP contribution in [0.1, 0.15) is 18.9 Å². The van der Waals surface area contributed by atoms with Crippen LogP contribution in [0.3, 0.4) is 0 Å². The molecule has 0 spiro atoms. The summed E-state index contributed by atoms with van der Waals surface area (Å²) in [6.45, 7) is 4.12. The summed E-state index contributed by atoms with van der Waals surface area (Å²) in [5.74, 6) is 0.933. The van der Waals surface area contributed by atoms with Gasteiger partial charge in [-0.25, -0.2) is 4.99 Å². The first kappa shape index (κ1) is 26.1. The lowest BCUT2D eigenvalue weighted by Gasteiger charge is -2.30. The van der Waals surface area contributed by atoms with Gasteiger partial charge in [0.05, 0.1) is 43.4 Å². The highest BCUT2D eigenvalue weighted by atomic mass is 35.5. The van der Waals surface area contributed by atoms with E-state index >= 15 is 0 Å². The number of amides is 2. The fourth-order valence-electron chi connectivity index (χ4n) is 3.88. The number of carbonyl (C=O) groups is 2. The third kappa shape index (κ3) is 5.69. The van der Waals surface area contributed by atoms with Gasteiger partial charge in [-0.2, -0.15) is 0 Å². The zero-order valence-corrected chi connectivity index (χ0v) is 22.0. The van der Waals surface area contributed by atoms with Crippen LogP contribution in [0.5, 0.6) is 11.5 Å². The number of anilines is 1. The molecule has 0 aliphatic carbocycles. The number of aliphatic imine (C=N–C) groups is 1. The van der Waals surface area contributed by atoms with E-state index < -0.39 is 5.25 Å². The lowest BCUT2D eigenvalue weighted by atomic mass is 10.2. The monoisotopic (exact) mass is 529 g/mol. The maximum absolute atomic E-state index is 13.6. The van der Waals surface area contributed by atoms with Crippen LogP contribution in [0.2, 0.25) is 5.02 Å². The molecule has 2 aliphatic heterocycles. The fraction of sp³-hybridized carbons (Fsp3) is 0.346. The Balaban J connectivity index is 1.68. The van der Waals surface area contributed by atoms with E-state index in [4.69, 9.17) is 25.8 Å². The molecular weight excluding hydrogens is 502 g/mol. The predicted molar refractivity (Wildman–Crippen MR) is 143 cm³/mol. The first-order chi connectivity index (χ1) is 17.4. The zero-order chi connectivity index (χ0) is 25.7. The summed E-state index contributed by atoms with van der Waals surface area (Å²) in [6, 6.07) is 12.5. The molecule has 0 bridgehead atoms. The molecule has 0 saturated carbocycles. The second-order valence-corrected chi connectivity index (χ2v) is 9.69. The number of benzene rings is 2. The van der Waals surface area contributed by atoms with E-state index in [0.717, 1.165) is 11.3 Å². The molecule has 0 N–H and O–H groups in total. The van der Waals surface area contributed by atoms with Crippen molar-refractivity contribution in [2.45, 2.75) is 18.6 Å². The minimum absolute atomic E-state index is 0.0150. The molecule has 1 fully saturated rings. The number of hydrogen-bond acceptors (Lipinski definition) is 7. The van der Waals surface area contributed by atoms with Crippen molar-refractivity contribution in [3.8, 4) is 11.5 Å². The molecule has 2 heterocycles. The highest BCUT2D eigenvalue weighted by Gasteiger charge is 2.36. The van der Waals surface area contributed by atoms with Gasteiger partial charge in [0.1, 0.15) is 17.2 Å². The number of hydrogen-bond donors (Lipinski definition) is 0. The summed E-state index contributed by atoms with van der Waals surface area (Å²) in [5, 5.41) is 0.400. The number of methoxy groups -OCH3 is 2. The summed E-state index contributed by atoms with van der Waals surface area (Å²) in [4.78, 5) is 34.8. The highest BCUT2D eigenvalue weighted by molar-refractivity contribution is 8.15. The lowest BCUT2D eigenvalue weighted by molar-refractivity contribution is -0.134. The standard InChI is InChI=1S/C26H28ClN3O5S/c1-4-23(25(32)29-11-13-35-14-12-29)36-26-28-21(15-17-5-8-19(33-2)9-6-17)24(31)30(26)18-7-10-22(34-3)20(27)16-18/h5-10,15-16,23H,4,11-14H2,1-3H3/b21-15-. The molecule has 0 radical (unpaired) electrons. The van der Waals surface area contributed by atoms with Crippen molar-refractivity contribution >= 4 is 52.1 Å². The number of morpholine rings is 1. The van der Waals surface area contributed by atoms with Gasteiger partial charge in [-0.15, -0.1) is 0 Å². The summed E-state index contributed by atoms with van der Waals surface area (Å²) in [7, 11) is 3.13. The first-order valence-electron chi connectivity index (χ1n) is 11.6. The number of nitrogens with zero attached hydrogens (tertiary/aromatic N) is 3. The van der Waals surface area contributed by atoms with Crippen LogP contribution < -0.4 is 14.4 Å². The number of thioether (sulfide) groups is 1. The van der Waals surface area contributed by atoms with E-state index in [1.165, 1.54) is 23.8 Å². The van der Waals surface area contributed by atoms with Gasteiger partial charge in [-0.05, 0) is 48.4 Å². The lowest BCUT2D eigenvalue weighted by Crippen LogP contribution is -2.45. The Morgan fingerprint density at radius 2 is 1.89 bits per heavy atom. The van der Waals surface area contributed by atoms with Crippen molar-refractivity contribution < 1.29 is 23.8 Å². The molecule has 190 valence electrons. The molecule has 8 nitrogen and oxygen atoms in total. The van der Waals surface area contributed by atoms with E-state index in [0.29, 0.717) is 54.4 Å². The molecule has 10 heteroatoms. The van der Waals surface area contributed by atoms with Crippen molar-refractivity contribution in [2.75, 3.05) is 45.4 Å². The zero-order valence-electron chi connectivity index (χ0n) is 20.4. The fourth-order valence-corrected chi connectivity index (χ4v) is 5.25. The molecule has 2 aliphatic rings. The van der Waals surface area contributed by atoms with E-state index in [2.05, 4.69) is 4.99 Å². The molecule has 2 amide bonds. The minimum atomic E-state index is -0.397. The smallest absolute Gasteiger partial charge is 0.283 e. The van der Waals surface area contributed by atoms with Crippen LogP contribution in [-0.2, 0) is 14.3 Å². The number of rotatable bonds is 7. The first-order valence-corrected chi connectivity index (χ1v) is 12.9. The van der Waals surface area contributed by atoms with Crippen molar-refractivity contribution in [3.63, 3.8) is 0 Å². The van der Waals surface area contributed by atoms with Crippen LogP contribution in [0, 0.1) is 0 Å². The van der Waals surface area contributed by atoms with Gasteiger partial charge >= 0.3 is 0 Å². The third-order valence-electron chi connectivity index (χ3n) is 5.86. The Bertz CT molecular complexity index is 1180. The summed E-state index contributed by atoms with van der Waals surface area (Å²) in [5.41, 5.74) is 1.62. The molecule has 2 aromatic rings. The third-order valence-corrected chi connectivity index (χ3v) is 7.46. The quantitative estimate of drug-likeness (QED) is 0.492. The van der Waals surface area contributed by atoms with Crippen LogP contribution in [-0.4, -0.2) is 67.7 Å². The molecule has 36 heavy (non-hydrogen) atoms. The number of ether oxygens (including phenoxy) is 3. The largest absolute Gasteiger partial charge is 0.497 e.